The summed E-state index contributed by atoms with van der Waals surface area (Å²) >= 11 is 0. The van der Waals surface area contributed by atoms with E-state index in [1.807, 2.05) is 0 Å². The number of nitrogens with one attached hydrogen (secondary N) is 1. The largest absolute Gasteiger partial charge is 0.434 e. The summed E-state index contributed by atoms with van der Waals surface area (Å²) < 4.78 is 19.6. The smallest absolute Gasteiger partial charge is 0.241 e. The van der Waals surface area contributed by atoms with E-state index in [4.69, 9.17) is 4.74 Å². The van der Waals surface area contributed by atoms with Gasteiger partial charge in [0.05, 0.1) is 6.54 Å². The molecule has 0 radical (unpaired) electrons. The van der Waals surface area contributed by atoms with Crippen LogP contribution in [-0.4, -0.2) is 47.5 Å². The number of para-hydroxylation sites is 1. The molecule has 0 saturated carbocycles. The highest BCUT2D eigenvalue weighted by atomic mass is 19.1. The monoisotopic (exact) mass is 344 g/mol. The van der Waals surface area contributed by atoms with E-state index in [-0.39, 0.29) is 17.6 Å². The molecule has 0 unspecified atom stereocenters. The Labute approximate surface area is 146 Å². The number of aromatic nitrogens is 2. The van der Waals surface area contributed by atoms with Crippen molar-refractivity contribution in [1.29, 1.82) is 0 Å². The minimum atomic E-state index is -0.441. The molecule has 7 heteroatoms. The molecule has 1 saturated heterocycles. The Morgan fingerprint density at radius 1 is 1.36 bits per heavy atom. The van der Waals surface area contributed by atoms with Crippen LogP contribution in [0.15, 0.2) is 36.7 Å². The number of carbonyl (C=O) groups is 1. The number of amides is 1. The second kappa shape index (κ2) is 8.02. The Balaban J connectivity index is 1.78. The summed E-state index contributed by atoms with van der Waals surface area (Å²) in [5.74, 6) is 0.0853. The van der Waals surface area contributed by atoms with Crippen LogP contribution in [-0.2, 0) is 4.79 Å². The number of benzene rings is 1. The fourth-order valence-electron chi connectivity index (χ4n) is 3.03. The van der Waals surface area contributed by atoms with E-state index in [1.165, 1.54) is 12.3 Å². The molecule has 25 heavy (non-hydrogen) atoms. The van der Waals surface area contributed by atoms with Crippen LogP contribution in [0.5, 0.6) is 11.6 Å². The van der Waals surface area contributed by atoms with Gasteiger partial charge in [0, 0.05) is 31.9 Å². The molecule has 1 aromatic heterocycles. The highest BCUT2D eigenvalue weighted by Gasteiger charge is 2.27. The van der Waals surface area contributed by atoms with Crippen LogP contribution >= 0.6 is 0 Å². The Kier molecular flexibility index (Phi) is 5.55. The van der Waals surface area contributed by atoms with Crippen molar-refractivity contribution >= 4 is 5.91 Å². The Hall–Kier alpha value is -2.54. The summed E-state index contributed by atoms with van der Waals surface area (Å²) in [6, 6.07) is 6.22. The zero-order valence-electron chi connectivity index (χ0n) is 14.1. The number of likely N-dealkylation sites (N-methyl/N-ethyl adjacent to an activating group) is 1. The first-order valence-corrected chi connectivity index (χ1v) is 8.33. The number of halogens is 1. The lowest BCUT2D eigenvalue weighted by atomic mass is 9.94. The predicted molar refractivity (Wildman–Crippen MR) is 91.0 cm³/mol. The van der Waals surface area contributed by atoms with Crippen LogP contribution in [0.2, 0.25) is 0 Å². The predicted octanol–water partition coefficient (Wildman–Crippen LogP) is 2.33. The van der Waals surface area contributed by atoms with Crippen LogP contribution < -0.4 is 10.1 Å². The standard InChI is InChI=1S/C18H21FN4O2/c1-20-16(24)12-23-10-4-5-13(11-23)17-18(22-9-8-21-17)25-15-7-3-2-6-14(15)19/h2-3,6-9,13H,4-5,10-12H2,1H3,(H,20,24)/t13-/m1/s1. The van der Waals surface area contributed by atoms with Gasteiger partial charge < -0.3 is 10.1 Å². The van der Waals surface area contributed by atoms with E-state index < -0.39 is 5.82 Å². The second-order valence-electron chi connectivity index (χ2n) is 6.03. The number of nitrogens with zero attached hydrogens (tertiary/aromatic N) is 3. The SMILES string of the molecule is CNC(=O)CN1CCC[C@@H](c2nccnc2Oc2ccccc2F)C1. The molecular weight excluding hydrogens is 323 g/mol. The van der Waals surface area contributed by atoms with E-state index in [2.05, 4.69) is 20.2 Å². The highest BCUT2D eigenvalue weighted by Crippen LogP contribution is 2.33. The molecule has 1 fully saturated rings. The molecule has 2 heterocycles. The highest BCUT2D eigenvalue weighted by molar-refractivity contribution is 5.77. The zero-order valence-corrected chi connectivity index (χ0v) is 14.1. The number of hydrogen-bond acceptors (Lipinski definition) is 5. The number of piperidine rings is 1. The maximum atomic E-state index is 13.9. The molecule has 1 aliphatic rings. The lowest BCUT2D eigenvalue weighted by Gasteiger charge is -2.32. The van der Waals surface area contributed by atoms with Gasteiger partial charge in [0.1, 0.15) is 5.69 Å². The van der Waals surface area contributed by atoms with Crippen molar-refractivity contribution in [3.05, 3.63) is 48.2 Å². The lowest BCUT2D eigenvalue weighted by molar-refractivity contribution is -0.122. The minimum absolute atomic E-state index is 0.0115. The van der Waals surface area contributed by atoms with Gasteiger partial charge >= 0.3 is 0 Å². The van der Waals surface area contributed by atoms with Gasteiger partial charge in [0.15, 0.2) is 11.6 Å². The quantitative estimate of drug-likeness (QED) is 0.902. The van der Waals surface area contributed by atoms with Crippen molar-refractivity contribution in [1.82, 2.24) is 20.2 Å². The van der Waals surface area contributed by atoms with Crippen molar-refractivity contribution in [2.24, 2.45) is 0 Å². The molecular formula is C18H21FN4O2. The first-order valence-electron chi connectivity index (χ1n) is 8.33. The molecule has 1 atom stereocenters. The topological polar surface area (TPSA) is 67.4 Å². The van der Waals surface area contributed by atoms with Crippen LogP contribution in [0.1, 0.15) is 24.5 Å². The minimum Gasteiger partial charge on any atom is -0.434 e. The Morgan fingerprint density at radius 3 is 2.96 bits per heavy atom. The summed E-state index contributed by atoms with van der Waals surface area (Å²) in [7, 11) is 1.63. The molecule has 3 rings (SSSR count). The van der Waals surface area contributed by atoms with E-state index >= 15 is 0 Å². The third-order valence-electron chi connectivity index (χ3n) is 4.27. The van der Waals surface area contributed by atoms with Crippen molar-refractivity contribution in [2.45, 2.75) is 18.8 Å². The molecule has 132 valence electrons. The van der Waals surface area contributed by atoms with Gasteiger partial charge in [-0.1, -0.05) is 12.1 Å². The summed E-state index contributed by atoms with van der Waals surface area (Å²) in [5, 5.41) is 2.64. The van der Waals surface area contributed by atoms with E-state index in [0.29, 0.717) is 24.7 Å². The van der Waals surface area contributed by atoms with Crippen LogP contribution in [0.4, 0.5) is 4.39 Å². The summed E-state index contributed by atoms with van der Waals surface area (Å²) in [5.41, 5.74) is 0.701. The van der Waals surface area contributed by atoms with Crippen molar-refractivity contribution in [3.63, 3.8) is 0 Å². The van der Waals surface area contributed by atoms with Gasteiger partial charge in [0.25, 0.3) is 0 Å². The summed E-state index contributed by atoms with van der Waals surface area (Å²) in [4.78, 5) is 22.4. The fraction of sp³-hybridized carbons (Fsp3) is 0.389. The number of ether oxygens (including phenoxy) is 1. The van der Waals surface area contributed by atoms with Gasteiger partial charge in [0.2, 0.25) is 11.8 Å². The van der Waals surface area contributed by atoms with Crippen LogP contribution in [0.25, 0.3) is 0 Å². The van der Waals surface area contributed by atoms with Gasteiger partial charge in [-0.25, -0.2) is 9.37 Å². The first-order chi connectivity index (χ1) is 12.2. The Bertz CT molecular complexity index is 741. The number of carbonyl (C=O) groups excluding carboxylic acids is 1. The number of rotatable bonds is 5. The average molecular weight is 344 g/mol. The lowest BCUT2D eigenvalue weighted by Crippen LogP contribution is -2.41. The summed E-state index contributed by atoms with van der Waals surface area (Å²) in [6.07, 6.45) is 5.03. The Morgan fingerprint density at radius 2 is 2.16 bits per heavy atom. The number of hydrogen-bond donors (Lipinski definition) is 1. The maximum Gasteiger partial charge on any atom is 0.241 e. The van der Waals surface area contributed by atoms with Crippen molar-refractivity contribution in [2.75, 3.05) is 26.7 Å². The molecule has 1 aliphatic heterocycles. The van der Waals surface area contributed by atoms with Gasteiger partial charge in [-0.05, 0) is 31.5 Å². The maximum absolute atomic E-state index is 13.9. The molecule has 2 aromatic rings. The molecule has 0 spiro atoms. The van der Waals surface area contributed by atoms with Crippen molar-refractivity contribution in [3.8, 4) is 11.6 Å². The fourth-order valence-corrected chi connectivity index (χ4v) is 3.03. The number of likely N-dealkylation sites (tertiary alicyclic amines) is 1. The molecule has 1 N–H and O–H groups in total. The average Bonchev–Trinajstić information content (AvgIpc) is 2.64. The third kappa shape index (κ3) is 4.30. The van der Waals surface area contributed by atoms with Gasteiger partial charge in [-0.3, -0.25) is 14.7 Å². The van der Waals surface area contributed by atoms with Gasteiger partial charge in [-0.2, -0.15) is 0 Å². The summed E-state index contributed by atoms with van der Waals surface area (Å²) in [6.45, 7) is 1.92. The third-order valence-corrected chi connectivity index (χ3v) is 4.27. The normalized spacial score (nSPS) is 17.9. The van der Waals surface area contributed by atoms with Crippen molar-refractivity contribution < 1.29 is 13.9 Å². The van der Waals surface area contributed by atoms with Crippen LogP contribution in [0.3, 0.4) is 0 Å². The molecule has 1 amide bonds. The first kappa shape index (κ1) is 17.3. The van der Waals surface area contributed by atoms with E-state index in [0.717, 1.165) is 19.4 Å². The second-order valence-corrected chi connectivity index (χ2v) is 6.03. The van der Waals surface area contributed by atoms with Gasteiger partial charge in [-0.15, -0.1) is 0 Å². The molecule has 0 aliphatic carbocycles. The molecule has 1 aromatic carbocycles. The molecule has 0 bridgehead atoms. The van der Waals surface area contributed by atoms with Crippen LogP contribution in [0, 0.1) is 5.82 Å². The van der Waals surface area contributed by atoms with E-state index in [1.54, 1.807) is 31.4 Å². The molecule has 6 nitrogen and oxygen atoms in total. The zero-order chi connectivity index (χ0) is 17.6. The van der Waals surface area contributed by atoms with E-state index in [9.17, 15) is 9.18 Å².